The number of nitrogens with one attached hydrogen (secondary N) is 3. The van der Waals surface area contributed by atoms with Crippen LogP contribution < -0.4 is 5.32 Å². The van der Waals surface area contributed by atoms with E-state index in [4.69, 9.17) is 0 Å². The quantitative estimate of drug-likeness (QED) is 0.161. The van der Waals surface area contributed by atoms with Gasteiger partial charge in [0.05, 0.1) is 17.1 Å². The van der Waals surface area contributed by atoms with E-state index in [1.807, 2.05) is 44.3 Å². The molecule has 0 fully saturated rings. The minimum atomic E-state index is -0.278. The van der Waals surface area contributed by atoms with Gasteiger partial charge in [-0.2, -0.15) is 5.10 Å². The van der Waals surface area contributed by atoms with Crippen molar-refractivity contribution < 1.29 is 4.39 Å². The number of aromatic amines is 2. The highest BCUT2D eigenvalue weighted by atomic mass is 19.1. The zero-order chi connectivity index (χ0) is 29.3. The molecule has 1 aromatic carbocycles. The van der Waals surface area contributed by atoms with E-state index in [-0.39, 0.29) is 11.4 Å². The molecule has 0 radical (unpaired) electrons. The fourth-order valence-corrected chi connectivity index (χ4v) is 5.66. The van der Waals surface area contributed by atoms with Crippen LogP contribution in [0.5, 0.6) is 0 Å². The normalized spacial score (nSPS) is 13.0. The predicted molar refractivity (Wildman–Crippen MR) is 168 cm³/mol. The van der Waals surface area contributed by atoms with E-state index in [0.29, 0.717) is 11.6 Å². The van der Waals surface area contributed by atoms with Crippen molar-refractivity contribution in [3.8, 4) is 22.6 Å². The molecule has 4 heterocycles. The molecule has 0 spiro atoms. The largest absolute Gasteiger partial charge is 0.380 e. The molecule has 0 aliphatic carbocycles. The SMILES string of the molecule is C=C/C(=C\C(=C/C)c1cnc2n[nH]c(-c3cc4c(-c5cc(C)cc(F)c5)nccc4[nH]3)c2c1)NC(C)(C)CC(C)C. The predicted octanol–water partition coefficient (Wildman–Crippen LogP) is 8.50. The van der Waals surface area contributed by atoms with Crippen LogP contribution in [0, 0.1) is 18.7 Å². The Balaban J connectivity index is 1.54. The summed E-state index contributed by atoms with van der Waals surface area (Å²) in [6, 6.07) is 11.0. The molecule has 0 aliphatic rings. The zero-order valence-corrected chi connectivity index (χ0v) is 24.6. The molecule has 7 heteroatoms. The Labute approximate surface area is 240 Å². The molecule has 6 nitrogen and oxygen atoms in total. The number of H-pyrrole nitrogens is 2. The first-order valence-corrected chi connectivity index (χ1v) is 14.0. The highest BCUT2D eigenvalue weighted by Crippen LogP contribution is 2.34. The number of pyridine rings is 2. The van der Waals surface area contributed by atoms with Crippen LogP contribution in [0.2, 0.25) is 0 Å². The molecule has 0 atom stereocenters. The van der Waals surface area contributed by atoms with Crippen molar-refractivity contribution in [3.63, 3.8) is 0 Å². The van der Waals surface area contributed by atoms with Crippen LogP contribution in [0.25, 0.3) is 50.2 Å². The standard InChI is InChI=1S/C34H37FN6/c1-8-22(15-26(9-2)39-34(6,7)18-20(3)4)24-16-28-32(40-41-33(28)37-19-24)30-17-27-29(38-30)10-11-36-31(27)23-12-21(5)13-25(35)14-23/h8-17,19-20,38-39H,2,18H2,1,3-7H3,(H,37,40,41)/b22-8+,26-15+. The van der Waals surface area contributed by atoms with Crippen LogP contribution >= 0.6 is 0 Å². The fraction of sp³-hybridized carbons (Fsp3) is 0.265. The van der Waals surface area contributed by atoms with Gasteiger partial charge < -0.3 is 10.3 Å². The van der Waals surface area contributed by atoms with Crippen molar-refractivity contribution in [2.24, 2.45) is 5.92 Å². The molecule has 0 aliphatic heterocycles. The van der Waals surface area contributed by atoms with Crippen molar-refractivity contribution >= 4 is 27.5 Å². The maximum Gasteiger partial charge on any atom is 0.181 e. The second kappa shape index (κ2) is 11.2. The number of benzene rings is 1. The third-order valence-electron chi connectivity index (χ3n) is 7.12. The molecule has 5 aromatic rings. The second-order valence-electron chi connectivity index (χ2n) is 11.7. The molecule has 41 heavy (non-hydrogen) atoms. The van der Waals surface area contributed by atoms with Crippen molar-refractivity contribution in [3.05, 3.63) is 96.2 Å². The number of nitrogens with zero attached hydrogens (tertiary/aromatic N) is 3. The first-order chi connectivity index (χ1) is 19.6. The lowest BCUT2D eigenvalue weighted by molar-refractivity contribution is 0.347. The molecule has 210 valence electrons. The van der Waals surface area contributed by atoms with Gasteiger partial charge in [0.1, 0.15) is 5.82 Å². The smallest absolute Gasteiger partial charge is 0.181 e. The number of hydrogen-bond acceptors (Lipinski definition) is 4. The maximum absolute atomic E-state index is 14.2. The zero-order valence-electron chi connectivity index (χ0n) is 24.6. The third-order valence-corrected chi connectivity index (χ3v) is 7.12. The summed E-state index contributed by atoms with van der Waals surface area (Å²) in [6.45, 7) is 16.8. The van der Waals surface area contributed by atoms with E-state index in [9.17, 15) is 4.39 Å². The number of allylic oxidation sites excluding steroid dienone is 4. The average molecular weight is 549 g/mol. The molecule has 3 N–H and O–H groups in total. The Morgan fingerprint density at radius 2 is 1.93 bits per heavy atom. The van der Waals surface area contributed by atoms with Gasteiger partial charge in [-0.25, -0.2) is 9.37 Å². The Morgan fingerprint density at radius 1 is 1.12 bits per heavy atom. The van der Waals surface area contributed by atoms with E-state index in [1.54, 1.807) is 6.20 Å². The molecule has 0 bridgehead atoms. The second-order valence-corrected chi connectivity index (χ2v) is 11.7. The number of hydrogen-bond donors (Lipinski definition) is 3. The molecule has 4 aromatic heterocycles. The van der Waals surface area contributed by atoms with Crippen LogP contribution in [0.1, 0.15) is 52.2 Å². The minimum absolute atomic E-state index is 0.0689. The molecule has 0 saturated heterocycles. The van der Waals surface area contributed by atoms with Crippen molar-refractivity contribution in [1.82, 2.24) is 30.5 Å². The van der Waals surface area contributed by atoms with Crippen LogP contribution in [0.4, 0.5) is 4.39 Å². The van der Waals surface area contributed by atoms with Gasteiger partial charge in [0.15, 0.2) is 5.65 Å². The van der Waals surface area contributed by atoms with Gasteiger partial charge in [-0.15, -0.1) is 0 Å². The summed E-state index contributed by atoms with van der Waals surface area (Å²) in [5.74, 6) is 0.296. The summed E-state index contributed by atoms with van der Waals surface area (Å²) >= 11 is 0. The Hall–Kier alpha value is -4.52. The summed E-state index contributed by atoms with van der Waals surface area (Å²) in [7, 11) is 0. The highest BCUT2D eigenvalue weighted by molar-refractivity contribution is 6.00. The van der Waals surface area contributed by atoms with E-state index < -0.39 is 0 Å². The van der Waals surface area contributed by atoms with Crippen LogP contribution in [0.15, 0.2) is 79.3 Å². The van der Waals surface area contributed by atoms with Gasteiger partial charge in [0.2, 0.25) is 0 Å². The van der Waals surface area contributed by atoms with Crippen LogP contribution in [-0.2, 0) is 0 Å². The van der Waals surface area contributed by atoms with Gasteiger partial charge >= 0.3 is 0 Å². The molecule has 5 rings (SSSR count). The lowest BCUT2D eigenvalue weighted by atomic mass is 9.92. The third kappa shape index (κ3) is 5.99. The van der Waals surface area contributed by atoms with Gasteiger partial charge in [-0.3, -0.25) is 10.1 Å². The van der Waals surface area contributed by atoms with Gasteiger partial charge in [-0.1, -0.05) is 26.5 Å². The van der Waals surface area contributed by atoms with Crippen molar-refractivity contribution in [2.45, 2.75) is 53.5 Å². The number of aromatic nitrogens is 5. The fourth-order valence-electron chi connectivity index (χ4n) is 5.66. The Bertz CT molecular complexity index is 1780. The number of halogens is 1. The summed E-state index contributed by atoms with van der Waals surface area (Å²) in [4.78, 5) is 12.7. The first-order valence-electron chi connectivity index (χ1n) is 14.0. The molecule has 0 amide bonds. The van der Waals surface area contributed by atoms with E-state index in [1.165, 1.54) is 12.1 Å². The summed E-state index contributed by atoms with van der Waals surface area (Å²) in [5, 5.41) is 13.1. The van der Waals surface area contributed by atoms with Gasteiger partial charge in [-0.05, 0) is 99.7 Å². The summed E-state index contributed by atoms with van der Waals surface area (Å²) in [6.07, 6.45) is 10.7. The number of aryl methyl sites for hydroxylation is 1. The van der Waals surface area contributed by atoms with Crippen LogP contribution in [-0.4, -0.2) is 30.7 Å². The van der Waals surface area contributed by atoms with E-state index in [0.717, 1.165) is 67.8 Å². The van der Waals surface area contributed by atoms with Gasteiger partial charge in [0.25, 0.3) is 0 Å². The molecular weight excluding hydrogens is 511 g/mol. The minimum Gasteiger partial charge on any atom is -0.380 e. The molecule has 0 saturated carbocycles. The molecule has 0 unspecified atom stereocenters. The summed E-state index contributed by atoms with van der Waals surface area (Å²) in [5.41, 5.74) is 8.41. The topological polar surface area (TPSA) is 82.3 Å². The summed E-state index contributed by atoms with van der Waals surface area (Å²) < 4.78 is 14.2. The number of rotatable bonds is 9. The molecular formula is C34H37FN6. The highest BCUT2D eigenvalue weighted by Gasteiger charge is 2.20. The monoisotopic (exact) mass is 548 g/mol. The van der Waals surface area contributed by atoms with Crippen LogP contribution in [0.3, 0.4) is 0 Å². The van der Waals surface area contributed by atoms with Gasteiger partial charge in [0, 0.05) is 51.0 Å². The first kappa shape index (κ1) is 28.0. The van der Waals surface area contributed by atoms with Crippen molar-refractivity contribution in [2.75, 3.05) is 0 Å². The lowest BCUT2D eigenvalue weighted by Gasteiger charge is -2.30. The maximum atomic E-state index is 14.2. The van der Waals surface area contributed by atoms with Crippen molar-refractivity contribution in [1.29, 1.82) is 0 Å². The lowest BCUT2D eigenvalue weighted by Crippen LogP contribution is -2.39. The van der Waals surface area contributed by atoms with E-state index in [2.05, 4.69) is 83.0 Å². The average Bonchev–Trinajstić information content (AvgIpc) is 3.53. The number of fused-ring (bicyclic) bond motifs is 2. The Kier molecular flexibility index (Phi) is 7.63. The Morgan fingerprint density at radius 3 is 2.63 bits per heavy atom. The van der Waals surface area contributed by atoms with E-state index >= 15 is 0 Å².